The third-order valence-corrected chi connectivity index (χ3v) is 2.81. The molecule has 15 heavy (non-hydrogen) atoms. The zero-order valence-electron chi connectivity index (χ0n) is 9.33. The molecule has 0 heterocycles. The fourth-order valence-electron chi connectivity index (χ4n) is 1.65. The zero-order valence-corrected chi connectivity index (χ0v) is 9.33. The van der Waals surface area contributed by atoms with Crippen LogP contribution in [-0.4, -0.2) is 13.2 Å². The average Bonchev–Trinajstić information content (AvgIpc) is 3.02. The first-order valence-electron chi connectivity index (χ1n) is 5.72. The van der Waals surface area contributed by atoms with Crippen LogP contribution >= 0.6 is 0 Å². The van der Waals surface area contributed by atoms with Crippen molar-refractivity contribution < 1.29 is 4.74 Å². The Morgan fingerprint density at radius 3 is 2.87 bits per heavy atom. The number of hydrogen-bond donors (Lipinski definition) is 1. The molecule has 0 unspecified atom stereocenters. The van der Waals surface area contributed by atoms with Crippen LogP contribution in [0.4, 0.5) is 0 Å². The molecular formula is C13H19NO. The summed E-state index contributed by atoms with van der Waals surface area (Å²) < 4.78 is 5.84. The predicted octanol–water partition coefficient (Wildman–Crippen LogP) is 2.29. The summed E-state index contributed by atoms with van der Waals surface area (Å²) in [4.78, 5) is 0. The fraction of sp³-hybridized carbons (Fsp3) is 0.538. The van der Waals surface area contributed by atoms with Crippen LogP contribution in [0.2, 0.25) is 0 Å². The van der Waals surface area contributed by atoms with Gasteiger partial charge in [-0.05, 0) is 55.8 Å². The van der Waals surface area contributed by atoms with Gasteiger partial charge in [-0.25, -0.2) is 0 Å². The summed E-state index contributed by atoms with van der Waals surface area (Å²) in [5.41, 5.74) is 8.07. The van der Waals surface area contributed by atoms with E-state index in [1.54, 1.807) is 0 Å². The summed E-state index contributed by atoms with van der Waals surface area (Å²) in [5, 5.41) is 0. The zero-order chi connectivity index (χ0) is 10.7. The Labute approximate surface area is 91.4 Å². The van der Waals surface area contributed by atoms with E-state index in [4.69, 9.17) is 10.5 Å². The topological polar surface area (TPSA) is 35.2 Å². The second-order valence-corrected chi connectivity index (χ2v) is 4.40. The molecule has 82 valence electrons. The van der Waals surface area contributed by atoms with Crippen LogP contribution in [0.15, 0.2) is 18.2 Å². The average molecular weight is 205 g/mol. The number of hydrogen-bond acceptors (Lipinski definition) is 2. The van der Waals surface area contributed by atoms with Gasteiger partial charge in [0.25, 0.3) is 0 Å². The molecule has 2 heteroatoms. The third-order valence-electron chi connectivity index (χ3n) is 2.81. The second kappa shape index (κ2) is 4.67. The maximum Gasteiger partial charge on any atom is 0.122 e. The van der Waals surface area contributed by atoms with Crippen molar-refractivity contribution in [2.24, 2.45) is 11.7 Å². The molecule has 0 atom stereocenters. The monoisotopic (exact) mass is 205 g/mol. The summed E-state index contributed by atoms with van der Waals surface area (Å²) in [6.07, 6.45) is 3.57. The van der Waals surface area contributed by atoms with E-state index in [2.05, 4.69) is 25.1 Å². The van der Waals surface area contributed by atoms with Gasteiger partial charge in [-0.15, -0.1) is 0 Å². The Morgan fingerprint density at radius 1 is 1.40 bits per heavy atom. The van der Waals surface area contributed by atoms with E-state index in [9.17, 15) is 0 Å². The van der Waals surface area contributed by atoms with Gasteiger partial charge >= 0.3 is 0 Å². The van der Waals surface area contributed by atoms with Gasteiger partial charge in [0.15, 0.2) is 0 Å². The molecule has 1 aliphatic carbocycles. The van der Waals surface area contributed by atoms with Crippen molar-refractivity contribution in [1.82, 2.24) is 0 Å². The Morgan fingerprint density at radius 2 is 2.20 bits per heavy atom. The standard InChI is InChI=1S/C13H19NO/c1-10-2-5-12(6-7-14)13(8-10)15-9-11-3-4-11/h2,5,8,11H,3-4,6-7,9,14H2,1H3. The smallest absolute Gasteiger partial charge is 0.122 e. The van der Waals surface area contributed by atoms with Crippen molar-refractivity contribution in [2.45, 2.75) is 26.2 Å². The molecule has 1 fully saturated rings. The molecule has 1 aliphatic rings. The van der Waals surface area contributed by atoms with Crippen LogP contribution in [0.25, 0.3) is 0 Å². The maximum atomic E-state index is 5.84. The second-order valence-electron chi connectivity index (χ2n) is 4.40. The minimum Gasteiger partial charge on any atom is -0.493 e. The van der Waals surface area contributed by atoms with Gasteiger partial charge < -0.3 is 10.5 Å². The molecule has 2 N–H and O–H groups in total. The van der Waals surface area contributed by atoms with Crippen LogP contribution in [0.1, 0.15) is 24.0 Å². The molecule has 0 spiro atoms. The lowest BCUT2D eigenvalue weighted by atomic mass is 10.1. The van der Waals surface area contributed by atoms with E-state index in [0.717, 1.165) is 24.7 Å². The molecule has 0 saturated heterocycles. The van der Waals surface area contributed by atoms with Gasteiger partial charge in [-0.3, -0.25) is 0 Å². The largest absolute Gasteiger partial charge is 0.493 e. The summed E-state index contributed by atoms with van der Waals surface area (Å²) in [6, 6.07) is 6.37. The minimum atomic E-state index is 0.683. The van der Waals surface area contributed by atoms with Crippen LogP contribution in [0.5, 0.6) is 5.75 Å². The Bertz CT molecular complexity index is 331. The van der Waals surface area contributed by atoms with Gasteiger partial charge in [0.2, 0.25) is 0 Å². The summed E-state index contributed by atoms with van der Waals surface area (Å²) in [5.74, 6) is 1.84. The van der Waals surface area contributed by atoms with E-state index in [1.807, 2.05) is 0 Å². The van der Waals surface area contributed by atoms with Crippen LogP contribution in [0, 0.1) is 12.8 Å². The first-order chi connectivity index (χ1) is 7.29. The number of benzene rings is 1. The summed E-state index contributed by atoms with van der Waals surface area (Å²) >= 11 is 0. The Hall–Kier alpha value is -1.02. The highest BCUT2D eigenvalue weighted by atomic mass is 16.5. The molecular weight excluding hydrogens is 186 g/mol. The van der Waals surface area contributed by atoms with Crippen LogP contribution < -0.4 is 10.5 Å². The van der Waals surface area contributed by atoms with E-state index in [-0.39, 0.29) is 0 Å². The molecule has 1 aromatic carbocycles. The van der Waals surface area contributed by atoms with Crippen molar-refractivity contribution >= 4 is 0 Å². The van der Waals surface area contributed by atoms with Crippen molar-refractivity contribution in [3.63, 3.8) is 0 Å². The minimum absolute atomic E-state index is 0.683. The van der Waals surface area contributed by atoms with E-state index >= 15 is 0 Å². The fourth-order valence-corrected chi connectivity index (χ4v) is 1.65. The van der Waals surface area contributed by atoms with Crippen molar-refractivity contribution in [3.8, 4) is 5.75 Å². The molecule has 1 saturated carbocycles. The lowest BCUT2D eigenvalue weighted by Gasteiger charge is -2.11. The van der Waals surface area contributed by atoms with Gasteiger partial charge in [0, 0.05) is 0 Å². The SMILES string of the molecule is Cc1ccc(CCN)c(OCC2CC2)c1. The lowest BCUT2D eigenvalue weighted by molar-refractivity contribution is 0.296. The van der Waals surface area contributed by atoms with E-state index < -0.39 is 0 Å². The van der Waals surface area contributed by atoms with Crippen molar-refractivity contribution in [1.29, 1.82) is 0 Å². The van der Waals surface area contributed by atoms with Gasteiger partial charge in [-0.1, -0.05) is 12.1 Å². The molecule has 0 bridgehead atoms. The number of ether oxygens (including phenoxy) is 1. The number of aryl methyl sites for hydroxylation is 1. The third kappa shape index (κ3) is 2.96. The van der Waals surface area contributed by atoms with Gasteiger partial charge in [0.1, 0.15) is 5.75 Å². The molecule has 0 aromatic heterocycles. The van der Waals surface area contributed by atoms with Crippen molar-refractivity contribution in [3.05, 3.63) is 29.3 Å². The van der Waals surface area contributed by atoms with Crippen molar-refractivity contribution in [2.75, 3.05) is 13.2 Å². The van der Waals surface area contributed by atoms with Gasteiger partial charge in [-0.2, -0.15) is 0 Å². The van der Waals surface area contributed by atoms with E-state index in [1.165, 1.54) is 24.0 Å². The lowest BCUT2D eigenvalue weighted by Crippen LogP contribution is -2.07. The first-order valence-corrected chi connectivity index (χ1v) is 5.72. The summed E-state index contributed by atoms with van der Waals surface area (Å²) in [7, 11) is 0. The highest BCUT2D eigenvalue weighted by Crippen LogP contribution is 2.30. The highest BCUT2D eigenvalue weighted by molar-refractivity contribution is 5.37. The molecule has 1 aromatic rings. The predicted molar refractivity (Wildman–Crippen MR) is 62.2 cm³/mol. The molecule has 0 aliphatic heterocycles. The highest BCUT2D eigenvalue weighted by Gasteiger charge is 2.22. The number of nitrogens with two attached hydrogens (primary N) is 1. The van der Waals surface area contributed by atoms with Crippen LogP contribution in [-0.2, 0) is 6.42 Å². The van der Waals surface area contributed by atoms with E-state index in [0.29, 0.717) is 6.54 Å². The molecule has 2 rings (SSSR count). The molecule has 0 amide bonds. The molecule has 0 radical (unpaired) electrons. The normalized spacial score (nSPS) is 15.3. The first kappa shape index (κ1) is 10.5. The number of rotatable bonds is 5. The molecule has 2 nitrogen and oxygen atoms in total. The van der Waals surface area contributed by atoms with Gasteiger partial charge in [0.05, 0.1) is 6.61 Å². The Balaban J connectivity index is 2.05. The maximum absolute atomic E-state index is 5.84. The van der Waals surface area contributed by atoms with Crippen LogP contribution in [0.3, 0.4) is 0 Å². The quantitative estimate of drug-likeness (QED) is 0.800. The Kier molecular flexibility index (Phi) is 3.27. The summed E-state index contributed by atoms with van der Waals surface area (Å²) in [6.45, 7) is 3.65.